The normalized spacial score (nSPS) is 13.5. The summed E-state index contributed by atoms with van der Waals surface area (Å²) in [5.74, 6) is 0.543. The van der Waals surface area contributed by atoms with Crippen LogP contribution in [0.15, 0.2) is 54.6 Å². The summed E-state index contributed by atoms with van der Waals surface area (Å²) in [6, 6.07) is 14.8. The predicted molar refractivity (Wildman–Crippen MR) is 73.2 cm³/mol. The molecule has 19 heavy (non-hydrogen) atoms. The predicted octanol–water partition coefficient (Wildman–Crippen LogP) is 2.43. The number of aldehydes is 1. The lowest BCUT2D eigenvalue weighted by Gasteiger charge is -2.13. The van der Waals surface area contributed by atoms with Crippen LogP contribution in [0.2, 0.25) is 0 Å². The van der Waals surface area contributed by atoms with Crippen molar-refractivity contribution >= 4 is 19.0 Å². The summed E-state index contributed by atoms with van der Waals surface area (Å²) in [5, 5.41) is 0.272. The number of hydrogen-bond acceptors (Lipinski definition) is 3. The maximum atomic E-state index is 12.1. The summed E-state index contributed by atoms with van der Waals surface area (Å²) in [7, 11) is -3.58. The van der Waals surface area contributed by atoms with Crippen molar-refractivity contribution in [2.45, 2.75) is 0 Å². The van der Waals surface area contributed by atoms with E-state index in [4.69, 9.17) is 4.74 Å². The van der Waals surface area contributed by atoms with Crippen molar-refractivity contribution in [3.05, 3.63) is 60.2 Å². The Morgan fingerprint density at radius 1 is 1.05 bits per heavy atom. The van der Waals surface area contributed by atoms with Crippen LogP contribution in [-0.4, -0.2) is 17.5 Å². The van der Waals surface area contributed by atoms with E-state index in [1.54, 1.807) is 24.3 Å². The highest BCUT2D eigenvalue weighted by Gasteiger charge is 2.22. The zero-order valence-corrected chi connectivity index (χ0v) is 11.0. The smallest absolute Gasteiger partial charge is 0.265 e. The van der Waals surface area contributed by atoms with E-state index in [0.29, 0.717) is 17.6 Å². The summed E-state index contributed by atoms with van der Waals surface area (Å²) < 4.78 is 17.4. The molecule has 0 aliphatic rings. The fraction of sp³-hybridized carbons (Fsp3) is 0.0714. The van der Waals surface area contributed by atoms with Crippen molar-refractivity contribution in [1.29, 1.82) is 0 Å². The van der Waals surface area contributed by atoms with Crippen LogP contribution in [0, 0.1) is 0 Å². The van der Waals surface area contributed by atoms with Gasteiger partial charge in [0.15, 0.2) is 6.35 Å². The number of benzene rings is 2. The van der Waals surface area contributed by atoms with E-state index < -0.39 is 7.37 Å². The van der Waals surface area contributed by atoms with E-state index in [1.807, 2.05) is 6.07 Å². The topological polar surface area (TPSA) is 63.6 Å². The molecule has 2 rings (SSSR count). The molecule has 0 saturated carbocycles. The van der Waals surface area contributed by atoms with Gasteiger partial charge in [0.05, 0.1) is 0 Å². The summed E-state index contributed by atoms with van der Waals surface area (Å²) in [6.07, 6.45) is 0.393. The zero-order chi connectivity index (χ0) is 13.7. The SMILES string of the molecule is O=Cc1ccc(P(=O)(O)COc2ccccc2)cc1. The van der Waals surface area contributed by atoms with Crippen molar-refractivity contribution in [2.24, 2.45) is 0 Å². The quantitative estimate of drug-likeness (QED) is 0.673. The van der Waals surface area contributed by atoms with Crippen molar-refractivity contribution < 1.29 is 19.0 Å². The first kappa shape index (κ1) is 13.5. The van der Waals surface area contributed by atoms with Gasteiger partial charge in [-0.3, -0.25) is 9.36 Å². The van der Waals surface area contributed by atoms with Crippen LogP contribution >= 0.6 is 7.37 Å². The van der Waals surface area contributed by atoms with Gasteiger partial charge in [0.2, 0.25) is 0 Å². The molecule has 0 fully saturated rings. The Labute approximate surface area is 111 Å². The zero-order valence-electron chi connectivity index (χ0n) is 10.1. The van der Waals surface area contributed by atoms with Gasteiger partial charge in [-0.2, -0.15) is 0 Å². The molecule has 1 N–H and O–H groups in total. The average molecular weight is 276 g/mol. The van der Waals surface area contributed by atoms with Gasteiger partial charge in [-0.05, 0) is 24.3 Å². The standard InChI is InChI=1S/C14H13O4P/c15-10-12-6-8-14(9-7-12)19(16,17)11-18-13-4-2-1-3-5-13/h1-10H,11H2,(H,16,17). The highest BCUT2D eigenvalue weighted by atomic mass is 31.2. The van der Waals surface area contributed by atoms with Crippen molar-refractivity contribution in [3.8, 4) is 5.75 Å². The van der Waals surface area contributed by atoms with Crippen molar-refractivity contribution in [1.82, 2.24) is 0 Å². The molecule has 5 heteroatoms. The Bertz CT molecular complexity index is 593. The lowest BCUT2D eigenvalue weighted by atomic mass is 10.2. The fourth-order valence-corrected chi connectivity index (χ4v) is 2.63. The molecule has 98 valence electrons. The highest BCUT2D eigenvalue weighted by molar-refractivity contribution is 7.65. The Kier molecular flexibility index (Phi) is 4.15. The Balaban J connectivity index is 2.09. The molecule has 0 spiro atoms. The molecule has 0 radical (unpaired) electrons. The van der Waals surface area contributed by atoms with Gasteiger partial charge in [-0.25, -0.2) is 0 Å². The summed E-state index contributed by atoms with van der Waals surface area (Å²) in [4.78, 5) is 20.5. The molecule has 0 heterocycles. The minimum Gasteiger partial charge on any atom is -0.483 e. The Hall–Kier alpha value is -1.90. The number of carbonyl (C=O) groups is 1. The molecule has 0 bridgehead atoms. The second-order valence-corrected chi connectivity index (χ2v) is 6.18. The van der Waals surface area contributed by atoms with E-state index in [2.05, 4.69) is 0 Å². The number of para-hydroxylation sites is 1. The summed E-state index contributed by atoms with van der Waals surface area (Å²) >= 11 is 0. The van der Waals surface area contributed by atoms with Crippen LogP contribution in [0.4, 0.5) is 0 Å². The van der Waals surface area contributed by atoms with E-state index >= 15 is 0 Å². The first-order valence-corrected chi connectivity index (χ1v) is 7.52. The van der Waals surface area contributed by atoms with Crippen molar-refractivity contribution in [3.63, 3.8) is 0 Å². The molecule has 4 nitrogen and oxygen atoms in total. The largest absolute Gasteiger partial charge is 0.483 e. The molecule has 1 atom stereocenters. The molecule has 1 unspecified atom stereocenters. The molecule has 0 aliphatic heterocycles. The fourth-order valence-electron chi connectivity index (χ4n) is 1.54. The molecular weight excluding hydrogens is 263 g/mol. The number of hydrogen-bond donors (Lipinski definition) is 1. The van der Waals surface area contributed by atoms with E-state index in [-0.39, 0.29) is 11.7 Å². The van der Waals surface area contributed by atoms with Gasteiger partial charge in [0, 0.05) is 10.9 Å². The summed E-state index contributed by atoms with van der Waals surface area (Å²) in [5.41, 5.74) is 0.465. The van der Waals surface area contributed by atoms with E-state index in [0.717, 1.165) is 0 Å². The Morgan fingerprint density at radius 3 is 2.26 bits per heavy atom. The first-order valence-electron chi connectivity index (χ1n) is 5.67. The molecule has 0 amide bonds. The van der Waals surface area contributed by atoms with E-state index in [9.17, 15) is 14.3 Å². The van der Waals surface area contributed by atoms with Crippen molar-refractivity contribution in [2.75, 3.05) is 6.35 Å². The van der Waals surface area contributed by atoms with Gasteiger partial charge in [0.25, 0.3) is 7.37 Å². The maximum Gasteiger partial charge on any atom is 0.265 e. The van der Waals surface area contributed by atoms with Crippen LogP contribution in [0.25, 0.3) is 0 Å². The summed E-state index contributed by atoms with van der Waals surface area (Å²) in [6.45, 7) is 0. The number of ether oxygens (including phenoxy) is 1. The van der Waals surface area contributed by atoms with Crippen LogP contribution < -0.4 is 10.0 Å². The third-order valence-corrected chi connectivity index (χ3v) is 4.17. The maximum absolute atomic E-state index is 12.1. The molecule has 2 aromatic rings. The van der Waals surface area contributed by atoms with Crippen LogP contribution in [-0.2, 0) is 4.57 Å². The monoisotopic (exact) mass is 276 g/mol. The van der Waals surface area contributed by atoms with Crippen LogP contribution in [0.1, 0.15) is 10.4 Å². The molecule has 0 aromatic heterocycles. The van der Waals surface area contributed by atoms with Crippen LogP contribution in [0.5, 0.6) is 5.75 Å². The Morgan fingerprint density at radius 2 is 1.68 bits per heavy atom. The minimum atomic E-state index is -3.58. The third-order valence-electron chi connectivity index (χ3n) is 2.58. The second-order valence-electron chi connectivity index (χ2n) is 4.00. The second kappa shape index (κ2) is 5.83. The number of carbonyl (C=O) groups excluding carboxylic acids is 1. The minimum absolute atomic E-state index is 0.272. The van der Waals surface area contributed by atoms with Gasteiger partial charge >= 0.3 is 0 Å². The molecule has 2 aromatic carbocycles. The first-order chi connectivity index (χ1) is 9.12. The molecule has 0 aliphatic carbocycles. The molecule has 0 saturated heterocycles. The average Bonchev–Trinajstić information content (AvgIpc) is 2.46. The van der Waals surface area contributed by atoms with Gasteiger partial charge in [-0.1, -0.05) is 30.3 Å². The van der Waals surface area contributed by atoms with Gasteiger partial charge in [-0.15, -0.1) is 0 Å². The molecular formula is C14H13O4P. The lowest BCUT2D eigenvalue weighted by molar-refractivity contribution is 0.112. The van der Waals surface area contributed by atoms with Gasteiger partial charge in [0.1, 0.15) is 12.0 Å². The van der Waals surface area contributed by atoms with Crippen LogP contribution in [0.3, 0.4) is 0 Å². The van der Waals surface area contributed by atoms with E-state index in [1.165, 1.54) is 24.3 Å². The lowest BCUT2D eigenvalue weighted by Crippen LogP contribution is -2.11. The third kappa shape index (κ3) is 3.53. The highest BCUT2D eigenvalue weighted by Crippen LogP contribution is 2.39. The number of rotatable bonds is 5. The van der Waals surface area contributed by atoms with Gasteiger partial charge < -0.3 is 9.63 Å².